The van der Waals surface area contributed by atoms with Crippen molar-refractivity contribution in [2.75, 3.05) is 23.4 Å². The van der Waals surface area contributed by atoms with Crippen molar-refractivity contribution in [1.82, 2.24) is 0 Å². The molecule has 0 heterocycles. The number of anilines is 1. The van der Waals surface area contributed by atoms with E-state index in [0.29, 0.717) is 23.5 Å². The Morgan fingerprint density at radius 3 is 3.00 bits per heavy atom. The first-order valence-electron chi connectivity index (χ1n) is 5.24. The molecule has 0 aliphatic heterocycles. The van der Waals surface area contributed by atoms with Gasteiger partial charge in [0.25, 0.3) is 0 Å². The Bertz CT molecular complexity index is 438. The third-order valence-electron chi connectivity index (χ3n) is 2.15. The van der Waals surface area contributed by atoms with Crippen LogP contribution in [0.3, 0.4) is 0 Å². The van der Waals surface area contributed by atoms with E-state index in [-0.39, 0.29) is 0 Å². The highest BCUT2D eigenvalue weighted by molar-refractivity contribution is 7.99. The first-order chi connectivity index (χ1) is 8.15. The fourth-order valence-electron chi connectivity index (χ4n) is 1.38. The van der Waals surface area contributed by atoms with Gasteiger partial charge in [-0.15, -0.1) is 18.2 Å². The predicted molar refractivity (Wildman–Crippen MR) is 72.8 cm³/mol. The second-order valence-corrected chi connectivity index (χ2v) is 4.64. The van der Waals surface area contributed by atoms with Crippen molar-refractivity contribution < 1.29 is 9.90 Å². The van der Waals surface area contributed by atoms with E-state index < -0.39 is 5.97 Å². The molecule has 0 aromatic heterocycles. The third kappa shape index (κ3) is 4.41. The number of hydrogen-bond donors (Lipinski definition) is 2. The van der Waals surface area contributed by atoms with E-state index in [9.17, 15) is 4.79 Å². The van der Waals surface area contributed by atoms with Crippen molar-refractivity contribution in [1.29, 1.82) is 0 Å². The smallest absolute Gasteiger partial charge is 0.337 e. The molecule has 0 saturated heterocycles. The van der Waals surface area contributed by atoms with Crippen molar-refractivity contribution in [3.05, 3.63) is 29.3 Å². The van der Waals surface area contributed by atoms with Crippen LogP contribution < -0.4 is 5.32 Å². The number of carboxylic acids is 1. The lowest BCUT2D eigenvalue weighted by Gasteiger charge is -2.09. The molecule has 0 saturated carbocycles. The van der Waals surface area contributed by atoms with Gasteiger partial charge in [-0.1, -0.05) is 12.0 Å². The molecule has 0 bridgehead atoms. The van der Waals surface area contributed by atoms with Crippen molar-refractivity contribution in [3.8, 4) is 12.3 Å². The zero-order valence-corrected chi connectivity index (χ0v) is 10.5. The fourth-order valence-corrected chi connectivity index (χ4v) is 1.89. The van der Waals surface area contributed by atoms with E-state index in [1.54, 1.807) is 23.9 Å². The van der Waals surface area contributed by atoms with Gasteiger partial charge in [-0.3, -0.25) is 0 Å². The summed E-state index contributed by atoms with van der Waals surface area (Å²) in [5.41, 5.74) is 2.00. The summed E-state index contributed by atoms with van der Waals surface area (Å²) < 4.78 is 0. The Kier molecular flexibility index (Phi) is 5.44. The normalized spacial score (nSPS) is 9.65. The topological polar surface area (TPSA) is 49.3 Å². The van der Waals surface area contributed by atoms with E-state index in [2.05, 4.69) is 11.2 Å². The van der Waals surface area contributed by atoms with Gasteiger partial charge < -0.3 is 10.4 Å². The van der Waals surface area contributed by atoms with Crippen molar-refractivity contribution in [2.24, 2.45) is 0 Å². The molecular weight excluding hydrogens is 234 g/mol. The van der Waals surface area contributed by atoms with Crippen LogP contribution in [0.5, 0.6) is 0 Å². The molecule has 17 heavy (non-hydrogen) atoms. The minimum atomic E-state index is -0.913. The molecule has 2 N–H and O–H groups in total. The van der Waals surface area contributed by atoms with Crippen molar-refractivity contribution in [2.45, 2.75) is 6.92 Å². The second-order valence-electron chi connectivity index (χ2n) is 3.54. The lowest BCUT2D eigenvalue weighted by atomic mass is 10.1. The molecule has 0 fully saturated rings. The van der Waals surface area contributed by atoms with E-state index in [1.165, 1.54) is 0 Å². The Hall–Kier alpha value is -1.60. The number of thioether (sulfide) groups is 1. The summed E-state index contributed by atoms with van der Waals surface area (Å²) in [6.45, 7) is 2.64. The van der Waals surface area contributed by atoms with Crippen molar-refractivity contribution in [3.63, 3.8) is 0 Å². The third-order valence-corrected chi connectivity index (χ3v) is 3.02. The van der Waals surface area contributed by atoms with Gasteiger partial charge in [-0.2, -0.15) is 0 Å². The molecule has 0 spiro atoms. The molecule has 1 aromatic carbocycles. The molecule has 4 heteroatoms. The van der Waals surface area contributed by atoms with E-state index >= 15 is 0 Å². The minimum absolute atomic E-state index is 0.303. The van der Waals surface area contributed by atoms with Crippen LogP contribution in [0.1, 0.15) is 15.9 Å². The molecule has 0 amide bonds. The molecule has 0 aliphatic carbocycles. The predicted octanol–water partition coefficient (Wildman–Crippen LogP) is 2.47. The zero-order valence-electron chi connectivity index (χ0n) is 9.69. The van der Waals surface area contributed by atoms with Gasteiger partial charge in [-0.05, 0) is 24.6 Å². The summed E-state index contributed by atoms with van der Waals surface area (Å²) in [5.74, 6) is 3.17. The number of terminal acetylenes is 1. The molecule has 3 nitrogen and oxygen atoms in total. The van der Waals surface area contributed by atoms with Gasteiger partial charge in [0.05, 0.1) is 11.3 Å². The number of hydrogen-bond acceptors (Lipinski definition) is 3. The number of aromatic carboxylic acids is 1. The highest BCUT2D eigenvalue weighted by Crippen LogP contribution is 2.17. The summed E-state index contributed by atoms with van der Waals surface area (Å²) in [7, 11) is 0. The van der Waals surface area contributed by atoms with Crippen LogP contribution in [-0.2, 0) is 0 Å². The Balaban J connectivity index is 2.60. The Morgan fingerprint density at radius 2 is 2.35 bits per heavy atom. The Labute approximate surface area is 106 Å². The highest BCUT2D eigenvalue weighted by Gasteiger charge is 2.09. The fraction of sp³-hybridized carbons (Fsp3) is 0.308. The van der Waals surface area contributed by atoms with Crippen LogP contribution in [-0.4, -0.2) is 29.1 Å². The molecular formula is C13H15NO2S. The van der Waals surface area contributed by atoms with E-state index in [0.717, 1.165) is 11.3 Å². The SMILES string of the molecule is C#CCSCCNc1cc(C)ccc1C(=O)O. The lowest BCUT2D eigenvalue weighted by molar-refractivity contribution is 0.0698. The Morgan fingerprint density at radius 1 is 1.59 bits per heavy atom. The average molecular weight is 249 g/mol. The van der Waals surface area contributed by atoms with Gasteiger partial charge in [0, 0.05) is 18.0 Å². The van der Waals surface area contributed by atoms with Crippen LogP contribution in [0.2, 0.25) is 0 Å². The number of carbonyl (C=O) groups is 1. The second kappa shape index (κ2) is 6.87. The summed E-state index contributed by atoms with van der Waals surface area (Å²) in [4.78, 5) is 11.0. The minimum Gasteiger partial charge on any atom is -0.478 e. The van der Waals surface area contributed by atoms with E-state index in [4.69, 9.17) is 11.5 Å². The largest absolute Gasteiger partial charge is 0.478 e. The number of nitrogens with one attached hydrogen (secondary N) is 1. The van der Waals surface area contributed by atoms with Gasteiger partial charge in [0.1, 0.15) is 0 Å². The first kappa shape index (κ1) is 13.5. The van der Waals surface area contributed by atoms with Crippen molar-refractivity contribution >= 4 is 23.4 Å². The summed E-state index contributed by atoms with van der Waals surface area (Å²) in [6, 6.07) is 5.26. The lowest BCUT2D eigenvalue weighted by Crippen LogP contribution is -2.09. The molecule has 1 aromatic rings. The molecule has 0 aliphatic rings. The quantitative estimate of drug-likeness (QED) is 0.600. The number of rotatable bonds is 6. The molecule has 0 radical (unpaired) electrons. The zero-order chi connectivity index (χ0) is 12.7. The number of carboxylic acid groups (broad SMARTS) is 1. The van der Waals surface area contributed by atoms with Crippen LogP contribution in [0.15, 0.2) is 18.2 Å². The summed E-state index contributed by atoms with van der Waals surface area (Å²) in [6.07, 6.45) is 5.14. The van der Waals surface area contributed by atoms with Gasteiger partial charge in [-0.25, -0.2) is 4.79 Å². The van der Waals surface area contributed by atoms with Gasteiger partial charge in [0.15, 0.2) is 0 Å². The maximum Gasteiger partial charge on any atom is 0.337 e. The molecule has 0 unspecified atom stereocenters. The molecule has 90 valence electrons. The standard InChI is InChI=1S/C13H15NO2S/c1-3-7-17-8-6-14-12-9-10(2)4-5-11(12)13(15)16/h1,4-5,9,14H,6-8H2,2H3,(H,15,16). The summed E-state index contributed by atoms with van der Waals surface area (Å²) in [5, 5.41) is 12.1. The highest BCUT2D eigenvalue weighted by atomic mass is 32.2. The average Bonchev–Trinajstić information content (AvgIpc) is 2.28. The monoisotopic (exact) mass is 249 g/mol. The summed E-state index contributed by atoms with van der Waals surface area (Å²) >= 11 is 1.64. The maximum absolute atomic E-state index is 11.0. The van der Waals surface area contributed by atoms with Gasteiger partial charge >= 0.3 is 5.97 Å². The molecule has 0 atom stereocenters. The van der Waals surface area contributed by atoms with Crippen LogP contribution in [0.25, 0.3) is 0 Å². The van der Waals surface area contributed by atoms with Crippen LogP contribution in [0, 0.1) is 19.3 Å². The first-order valence-corrected chi connectivity index (χ1v) is 6.39. The maximum atomic E-state index is 11.0. The van der Waals surface area contributed by atoms with Crippen LogP contribution in [0.4, 0.5) is 5.69 Å². The van der Waals surface area contributed by atoms with E-state index in [1.807, 2.05) is 13.0 Å². The number of benzene rings is 1. The number of aryl methyl sites for hydroxylation is 1. The van der Waals surface area contributed by atoms with Crippen LogP contribution >= 0.6 is 11.8 Å². The van der Waals surface area contributed by atoms with Gasteiger partial charge in [0.2, 0.25) is 0 Å². The molecule has 1 rings (SSSR count).